The Morgan fingerprint density at radius 2 is 2.00 bits per heavy atom. The Bertz CT molecular complexity index is 1110. The lowest BCUT2D eigenvalue weighted by Crippen LogP contribution is -2.40. The largest absolute Gasteiger partial charge is 0.360 e. The number of anilines is 2. The number of halogens is 2. The predicted octanol–water partition coefficient (Wildman–Crippen LogP) is 4.98. The van der Waals surface area contributed by atoms with Gasteiger partial charge in [-0.05, 0) is 25.1 Å². The second kappa shape index (κ2) is 8.89. The van der Waals surface area contributed by atoms with Crippen molar-refractivity contribution in [3.05, 3.63) is 70.6 Å². The van der Waals surface area contributed by atoms with Gasteiger partial charge in [0.1, 0.15) is 11.6 Å². The molecule has 1 aliphatic heterocycles. The maximum atomic E-state index is 13.4. The second-order valence-electron chi connectivity index (χ2n) is 7.41. The zero-order chi connectivity index (χ0) is 22.0. The van der Waals surface area contributed by atoms with Crippen LogP contribution in [0, 0.1) is 5.82 Å². The first kappa shape index (κ1) is 21.1. The number of carbonyl (C=O) groups excluding carboxylic acids is 1. The average molecular weight is 440 g/mol. The molecule has 0 bridgehead atoms. The molecule has 0 unspecified atom stereocenters. The fourth-order valence-corrected chi connectivity index (χ4v) is 3.71. The van der Waals surface area contributed by atoms with E-state index in [0.717, 1.165) is 29.2 Å². The molecule has 0 saturated heterocycles. The number of amides is 2. The van der Waals surface area contributed by atoms with Crippen molar-refractivity contribution in [3.63, 3.8) is 0 Å². The van der Waals surface area contributed by atoms with Crippen molar-refractivity contribution >= 4 is 29.1 Å². The van der Waals surface area contributed by atoms with Crippen molar-refractivity contribution in [1.29, 1.82) is 0 Å². The molecule has 4 rings (SSSR count). The number of fused-ring (bicyclic) bond motifs is 1. The minimum absolute atomic E-state index is 0.0320. The molecule has 160 valence electrons. The summed E-state index contributed by atoms with van der Waals surface area (Å²) in [6.07, 6.45) is 0.625. The van der Waals surface area contributed by atoms with E-state index < -0.39 is 5.82 Å². The number of rotatable bonds is 4. The van der Waals surface area contributed by atoms with Crippen LogP contribution in [0.3, 0.4) is 0 Å². The molecule has 3 aromatic rings. The Balaban J connectivity index is 1.61. The predicted molar refractivity (Wildman–Crippen MR) is 121 cm³/mol. The zero-order valence-corrected chi connectivity index (χ0v) is 18.2. The van der Waals surface area contributed by atoms with Gasteiger partial charge in [-0.15, -0.1) is 0 Å². The van der Waals surface area contributed by atoms with Crippen LogP contribution >= 0.6 is 11.6 Å². The number of nitrogens with zero attached hydrogens (tertiary/aromatic N) is 4. The number of nitrogens with one attached hydrogen (secondary N) is 1. The van der Waals surface area contributed by atoms with Crippen LogP contribution in [0.15, 0.2) is 48.5 Å². The molecule has 2 heterocycles. The van der Waals surface area contributed by atoms with Gasteiger partial charge in [0.05, 0.1) is 17.3 Å². The summed E-state index contributed by atoms with van der Waals surface area (Å²) in [7, 11) is 1.98. The summed E-state index contributed by atoms with van der Waals surface area (Å²) in [6, 6.07) is 13.7. The minimum atomic E-state index is -0.523. The Labute approximate surface area is 185 Å². The molecule has 0 radical (unpaired) electrons. The SMILES string of the molecule is CCN(C)c1nc(-c2ccccc2)nc2c1CN(C(=O)Nc1ccc(F)c(Cl)c1)CC2. The maximum absolute atomic E-state index is 13.4. The molecule has 1 aliphatic rings. The van der Waals surface area contributed by atoms with Gasteiger partial charge in [0.15, 0.2) is 5.82 Å². The summed E-state index contributed by atoms with van der Waals surface area (Å²) in [4.78, 5) is 26.2. The normalized spacial score (nSPS) is 13.0. The molecule has 6 nitrogen and oxygen atoms in total. The highest BCUT2D eigenvalue weighted by molar-refractivity contribution is 6.31. The van der Waals surface area contributed by atoms with Crippen LogP contribution in [-0.2, 0) is 13.0 Å². The van der Waals surface area contributed by atoms with Crippen LogP contribution in [0.25, 0.3) is 11.4 Å². The highest BCUT2D eigenvalue weighted by Gasteiger charge is 2.27. The third kappa shape index (κ3) is 4.46. The van der Waals surface area contributed by atoms with Gasteiger partial charge in [-0.25, -0.2) is 19.2 Å². The Morgan fingerprint density at radius 3 is 2.71 bits per heavy atom. The summed E-state index contributed by atoms with van der Waals surface area (Å²) < 4.78 is 13.4. The standard InChI is InChI=1S/C23H23ClFN5O/c1-3-29(2)22-17-14-30(23(31)26-16-9-10-19(25)18(24)13-16)12-11-20(17)27-21(28-22)15-7-5-4-6-8-15/h4-10,13H,3,11-12,14H2,1-2H3,(H,26,31). The molecule has 31 heavy (non-hydrogen) atoms. The summed E-state index contributed by atoms with van der Waals surface area (Å²) in [5, 5.41) is 2.76. The van der Waals surface area contributed by atoms with E-state index in [4.69, 9.17) is 21.6 Å². The van der Waals surface area contributed by atoms with Crippen molar-refractivity contribution in [2.24, 2.45) is 0 Å². The van der Waals surface area contributed by atoms with Crippen LogP contribution in [0.2, 0.25) is 5.02 Å². The molecule has 0 saturated carbocycles. The van der Waals surface area contributed by atoms with Crippen LogP contribution in [0.1, 0.15) is 18.2 Å². The summed E-state index contributed by atoms with van der Waals surface area (Å²) in [5.74, 6) is 0.993. The quantitative estimate of drug-likeness (QED) is 0.622. The van der Waals surface area contributed by atoms with Crippen LogP contribution < -0.4 is 10.2 Å². The van der Waals surface area contributed by atoms with Gasteiger partial charge in [0.2, 0.25) is 0 Å². The molecule has 0 aliphatic carbocycles. The van der Waals surface area contributed by atoms with Crippen LogP contribution in [0.5, 0.6) is 0 Å². The lowest BCUT2D eigenvalue weighted by molar-refractivity contribution is 0.206. The van der Waals surface area contributed by atoms with Crippen molar-refractivity contribution < 1.29 is 9.18 Å². The first-order chi connectivity index (χ1) is 15.0. The van der Waals surface area contributed by atoms with E-state index in [9.17, 15) is 9.18 Å². The average Bonchev–Trinajstić information content (AvgIpc) is 2.80. The number of carbonyl (C=O) groups is 1. The van der Waals surface area contributed by atoms with E-state index in [1.54, 1.807) is 4.90 Å². The highest BCUT2D eigenvalue weighted by atomic mass is 35.5. The molecule has 0 spiro atoms. The van der Waals surface area contributed by atoms with Crippen LogP contribution in [-0.4, -0.2) is 41.0 Å². The third-order valence-corrected chi connectivity index (χ3v) is 5.65. The number of aromatic nitrogens is 2. The summed E-state index contributed by atoms with van der Waals surface area (Å²) in [5.41, 5.74) is 3.31. The lowest BCUT2D eigenvalue weighted by Gasteiger charge is -2.31. The zero-order valence-electron chi connectivity index (χ0n) is 17.4. The Kier molecular flexibility index (Phi) is 6.04. The molecule has 0 atom stereocenters. The maximum Gasteiger partial charge on any atom is 0.322 e. The molecule has 2 aromatic carbocycles. The minimum Gasteiger partial charge on any atom is -0.360 e. The molecule has 0 fully saturated rings. The van der Waals surface area contributed by atoms with Crippen molar-refractivity contribution in [2.45, 2.75) is 19.9 Å². The van der Waals surface area contributed by atoms with E-state index in [2.05, 4.69) is 17.1 Å². The van der Waals surface area contributed by atoms with E-state index in [1.807, 2.05) is 37.4 Å². The first-order valence-corrected chi connectivity index (χ1v) is 10.5. The van der Waals surface area contributed by atoms with Gasteiger partial charge >= 0.3 is 6.03 Å². The van der Waals surface area contributed by atoms with Gasteiger partial charge < -0.3 is 15.1 Å². The van der Waals surface area contributed by atoms with Gasteiger partial charge in [-0.2, -0.15) is 0 Å². The first-order valence-electron chi connectivity index (χ1n) is 10.1. The van der Waals surface area contributed by atoms with Gasteiger partial charge in [0, 0.05) is 43.4 Å². The number of hydrogen-bond donors (Lipinski definition) is 1. The third-order valence-electron chi connectivity index (χ3n) is 5.36. The number of hydrogen-bond acceptors (Lipinski definition) is 4. The van der Waals surface area contributed by atoms with Crippen molar-refractivity contribution in [2.75, 3.05) is 30.4 Å². The van der Waals surface area contributed by atoms with Gasteiger partial charge in [-0.1, -0.05) is 41.9 Å². The Morgan fingerprint density at radius 1 is 1.23 bits per heavy atom. The van der Waals surface area contributed by atoms with Gasteiger partial charge in [0.25, 0.3) is 0 Å². The van der Waals surface area contributed by atoms with E-state index in [-0.39, 0.29) is 11.1 Å². The highest BCUT2D eigenvalue weighted by Crippen LogP contribution is 2.29. The topological polar surface area (TPSA) is 61.4 Å². The fraction of sp³-hybridized carbons (Fsp3) is 0.261. The lowest BCUT2D eigenvalue weighted by atomic mass is 10.0. The van der Waals surface area contributed by atoms with E-state index in [1.165, 1.54) is 18.2 Å². The van der Waals surface area contributed by atoms with Crippen LogP contribution in [0.4, 0.5) is 20.7 Å². The van der Waals surface area contributed by atoms with E-state index >= 15 is 0 Å². The van der Waals surface area contributed by atoms with E-state index in [0.29, 0.717) is 31.0 Å². The smallest absolute Gasteiger partial charge is 0.322 e. The molecular weight excluding hydrogens is 417 g/mol. The molecule has 8 heteroatoms. The molecule has 1 N–H and O–H groups in total. The van der Waals surface area contributed by atoms with Crippen molar-refractivity contribution in [3.8, 4) is 11.4 Å². The molecule has 1 aromatic heterocycles. The second-order valence-corrected chi connectivity index (χ2v) is 7.81. The monoisotopic (exact) mass is 439 g/mol. The fourth-order valence-electron chi connectivity index (χ4n) is 3.53. The summed E-state index contributed by atoms with van der Waals surface area (Å²) >= 11 is 5.82. The van der Waals surface area contributed by atoms with Crippen molar-refractivity contribution in [1.82, 2.24) is 14.9 Å². The van der Waals surface area contributed by atoms with Gasteiger partial charge in [-0.3, -0.25) is 0 Å². The molecular formula is C23H23ClFN5O. The number of urea groups is 1. The Hall–Kier alpha value is -3.19. The summed E-state index contributed by atoms with van der Waals surface area (Å²) in [6.45, 7) is 3.75. The number of benzene rings is 2. The molecule has 2 amide bonds.